The molecule has 86 valence electrons. The minimum Gasteiger partial charge on any atom is -0.512 e. The van der Waals surface area contributed by atoms with Crippen LogP contribution in [0.1, 0.15) is 27.7 Å². The number of carbonyl (C=O) groups excluding carboxylic acids is 1. The van der Waals surface area contributed by atoms with Gasteiger partial charge in [0.15, 0.2) is 0 Å². The van der Waals surface area contributed by atoms with Crippen molar-refractivity contribution in [2.75, 3.05) is 0 Å². The Balaban J connectivity index is 4.45. The molecule has 0 aliphatic carbocycles. The molecule has 0 fully saturated rings. The number of hydrogen-bond acceptors (Lipinski definition) is 4. The first-order valence-electron chi connectivity index (χ1n) is 4.70. The summed E-state index contributed by atoms with van der Waals surface area (Å²) in [5, 5.41) is 19.2. The lowest BCUT2D eigenvalue weighted by atomic mass is 9.93. The quantitative estimate of drug-likeness (QED) is 0.312. The van der Waals surface area contributed by atoms with Gasteiger partial charge in [-0.2, -0.15) is 0 Å². The first kappa shape index (κ1) is 13.6. The lowest BCUT2D eigenvalue weighted by molar-refractivity contribution is -0.120. The number of amidine groups is 1. The van der Waals surface area contributed by atoms with Crippen molar-refractivity contribution >= 4 is 11.7 Å². The van der Waals surface area contributed by atoms with E-state index in [1.165, 1.54) is 13.0 Å². The molecular formula is C10H19N3O2. The smallest absolute Gasteiger partial charge is 0.242 e. The van der Waals surface area contributed by atoms with Gasteiger partial charge in [-0.1, -0.05) is 20.8 Å². The van der Waals surface area contributed by atoms with Gasteiger partial charge >= 0.3 is 0 Å². The maximum absolute atomic E-state index is 11.1. The fourth-order valence-electron chi connectivity index (χ4n) is 0.636. The maximum atomic E-state index is 11.1. The molecule has 1 unspecified atom stereocenters. The standard InChI is InChI=1S/C10H19N3O2/c1-6(11)9(15)13-8(12)5-7(14)10(2,3)4/h5-6,14H,11H2,1-4H3,(H2,12,13,15)/b7-5-. The van der Waals surface area contributed by atoms with Crippen LogP contribution in [0, 0.1) is 10.8 Å². The molecule has 0 aromatic carbocycles. The summed E-state index contributed by atoms with van der Waals surface area (Å²) in [6, 6.07) is -0.671. The van der Waals surface area contributed by atoms with Crippen LogP contribution in [0.3, 0.4) is 0 Å². The number of amides is 1. The average Bonchev–Trinajstić information content (AvgIpc) is 2.01. The molecule has 1 atom stereocenters. The summed E-state index contributed by atoms with van der Waals surface area (Å²) in [6.07, 6.45) is 1.21. The van der Waals surface area contributed by atoms with Crippen molar-refractivity contribution in [1.29, 1.82) is 5.41 Å². The van der Waals surface area contributed by atoms with Gasteiger partial charge in [0.25, 0.3) is 0 Å². The number of carbonyl (C=O) groups is 1. The topological polar surface area (TPSA) is 99.2 Å². The van der Waals surface area contributed by atoms with E-state index >= 15 is 0 Å². The third-order valence-electron chi connectivity index (χ3n) is 1.72. The van der Waals surface area contributed by atoms with Crippen molar-refractivity contribution in [3.05, 3.63) is 11.8 Å². The molecule has 0 bridgehead atoms. The summed E-state index contributed by atoms with van der Waals surface area (Å²) < 4.78 is 0. The zero-order chi connectivity index (χ0) is 12.2. The van der Waals surface area contributed by atoms with Crippen LogP contribution in [0.15, 0.2) is 11.8 Å². The molecule has 0 aliphatic heterocycles. The molecule has 5 nitrogen and oxygen atoms in total. The third kappa shape index (κ3) is 5.17. The summed E-state index contributed by atoms with van der Waals surface area (Å²) in [6.45, 7) is 6.94. The summed E-state index contributed by atoms with van der Waals surface area (Å²) in [4.78, 5) is 11.1. The molecular weight excluding hydrogens is 194 g/mol. The van der Waals surface area contributed by atoms with Gasteiger partial charge in [-0.3, -0.25) is 10.2 Å². The van der Waals surface area contributed by atoms with Gasteiger partial charge in [0.1, 0.15) is 11.6 Å². The molecule has 5 heteroatoms. The van der Waals surface area contributed by atoms with Gasteiger partial charge in [-0.25, -0.2) is 0 Å². The summed E-state index contributed by atoms with van der Waals surface area (Å²) in [7, 11) is 0. The molecule has 0 heterocycles. The normalized spacial score (nSPS) is 14.6. The molecule has 0 spiro atoms. The summed E-state index contributed by atoms with van der Waals surface area (Å²) in [5.74, 6) is -0.569. The number of nitrogens with one attached hydrogen (secondary N) is 2. The Bertz CT molecular complexity index is 288. The van der Waals surface area contributed by atoms with E-state index in [2.05, 4.69) is 5.32 Å². The Morgan fingerprint density at radius 3 is 2.33 bits per heavy atom. The molecule has 0 saturated carbocycles. The van der Waals surface area contributed by atoms with Gasteiger partial charge in [-0.05, 0) is 6.92 Å². The van der Waals surface area contributed by atoms with Crippen molar-refractivity contribution in [2.45, 2.75) is 33.7 Å². The Labute approximate surface area is 89.9 Å². The highest BCUT2D eigenvalue weighted by Gasteiger charge is 2.17. The van der Waals surface area contributed by atoms with Gasteiger partial charge in [0.05, 0.1) is 6.04 Å². The summed E-state index contributed by atoms with van der Waals surface area (Å²) >= 11 is 0. The molecule has 0 radical (unpaired) electrons. The molecule has 0 aromatic heterocycles. The van der Waals surface area contributed by atoms with E-state index < -0.39 is 17.4 Å². The van der Waals surface area contributed by atoms with Crippen LogP contribution in [-0.4, -0.2) is 22.9 Å². The Morgan fingerprint density at radius 2 is 2.00 bits per heavy atom. The van der Waals surface area contributed by atoms with Crippen molar-refractivity contribution in [1.82, 2.24) is 5.32 Å². The number of aliphatic hydroxyl groups excluding tert-OH is 1. The second-order valence-electron chi connectivity index (χ2n) is 4.47. The van der Waals surface area contributed by atoms with Crippen molar-refractivity contribution < 1.29 is 9.90 Å². The first-order chi connectivity index (χ1) is 6.64. The Morgan fingerprint density at radius 1 is 1.53 bits per heavy atom. The molecule has 0 aromatic rings. The molecule has 0 rings (SSSR count). The van der Waals surface area contributed by atoms with Crippen LogP contribution < -0.4 is 11.1 Å². The van der Waals surface area contributed by atoms with Crippen molar-refractivity contribution in [3.63, 3.8) is 0 Å². The van der Waals surface area contributed by atoms with Crippen LogP contribution in [0.4, 0.5) is 0 Å². The zero-order valence-corrected chi connectivity index (χ0v) is 9.59. The number of allylic oxidation sites excluding steroid dienone is 1. The van der Waals surface area contributed by atoms with Crippen LogP contribution in [0.2, 0.25) is 0 Å². The van der Waals surface area contributed by atoms with Crippen LogP contribution in [0.5, 0.6) is 0 Å². The highest BCUT2D eigenvalue weighted by Crippen LogP contribution is 2.21. The fourth-order valence-corrected chi connectivity index (χ4v) is 0.636. The molecule has 1 amide bonds. The predicted molar refractivity (Wildman–Crippen MR) is 59.7 cm³/mol. The molecule has 0 aliphatic rings. The van der Waals surface area contributed by atoms with E-state index in [0.29, 0.717) is 0 Å². The van der Waals surface area contributed by atoms with E-state index in [-0.39, 0.29) is 11.6 Å². The first-order valence-corrected chi connectivity index (χ1v) is 4.70. The third-order valence-corrected chi connectivity index (χ3v) is 1.72. The molecule has 15 heavy (non-hydrogen) atoms. The van der Waals surface area contributed by atoms with Gasteiger partial charge < -0.3 is 16.2 Å². The fraction of sp³-hybridized carbons (Fsp3) is 0.600. The number of nitrogens with two attached hydrogens (primary N) is 1. The Hall–Kier alpha value is -1.36. The van der Waals surface area contributed by atoms with Crippen molar-refractivity contribution in [2.24, 2.45) is 11.1 Å². The minimum absolute atomic E-state index is 0.0393. The van der Waals surface area contributed by atoms with Crippen molar-refractivity contribution in [3.8, 4) is 0 Å². The largest absolute Gasteiger partial charge is 0.512 e. The lowest BCUT2D eigenvalue weighted by Crippen LogP contribution is -2.40. The second-order valence-corrected chi connectivity index (χ2v) is 4.47. The number of rotatable bonds is 2. The maximum Gasteiger partial charge on any atom is 0.242 e. The molecule has 0 saturated heterocycles. The van der Waals surface area contributed by atoms with E-state index in [0.717, 1.165) is 0 Å². The summed E-state index contributed by atoms with van der Waals surface area (Å²) in [5.41, 5.74) is 4.87. The number of aliphatic hydroxyl groups is 1. The zero-order valence-electron chi connectivity index (χ0n) is 9.59. The van der Waals surface area contributed by atoms with Crippen LogP contribution in [-0.2, 0) is 4.79 Å². The molecule has 5 N–H and O–H groups in total. The Kier molecular flexibility index (Phi) is 4.48. The highest BCUT2D eigenvalue weighted by atomic mass is 16.3. The minimum atomic E-state index is -0.671. The van der Waals surface area contributed by atoms with Gasteiger partial charge in [-0.15, -0.1) is 0 Å². The SMILES string of the molecule is CC(N)C(=O)NC(=N)/C=C(\O)C(C)(C)C. The van der Waals surface area contributed by atoms with Gasteiger partial charge in [0.2, 0.25) is 5.91 Å². The number of hydrogen-bond donors (Lipinski definition) is 4. The second kappa shape index (κ2) is 4.93. The lowest BCUT2D eigenvalue weighted by Gasteiger charge is -2.17. The van der Waals surface area contributed by atoms with E-state index in [1.807, 2.05) is 0 Å². The highest BCUT2D eigenvalue weighted by molar-refractivity contribution is 6.04. The van der Waals surface area contributed by atoms with E-state index in [9.17, 15) is 9.90 Å². The predicted octanol–water partition coefficient (Wildman–Crippen LogP) is 0.915. The van der Waals surface area contributed by atoms with Gasteiger partial charge in [0, 0.05) is 11.5 Å². The average molecular weight is 213 g/mol. The monoisotopic (exact) mass is 213 g/mol. The van der Waals surface area contributed by atoms with E-state index in [4.69, 9.17) is 11.1 Å². The van der Waals surface area contributed by atoms with Crippen LogP contribution in [0.25, 0.3) is 0 Å². The van der Waals surface area contributed by atoms with E-state index in [1.54, 1.807) is 20.8 Å². The van der Waals surface area contributed by atoms with Crippen LogP contribution >= 0.6 is 0 Å².